The van der Waals surface area contributed by atoms with E-state index in [-0.39, 0.29) is 13.0 Å². The molecule has 0 spiro atoms. The Hall–Kier alpha value is -1.79. The molecule has 0 saturated carbocycles. The van der Waals surface area contributed by atoms with Crippen molar-refractivity contribution in [1.82, 2.24) is 0 Å². The molecule has 1 aromatic rings. The topological polar surface area (TPSA) is 77.0 Å². The summed E-state index contributed by atoms with van der Waals surface area (Å²) in [5, 5.41) is 11.1. The van der Waals surface area contributed by atoms with Crippen molar-refractivity contribution in [3.63, 3.8) is 0 Å². The van der Waals surface area contributed by atoms with Crippen LogP contribution in [0.25, 0.3) is 0 Å². The number of carbonyl (C=O) groups excluding carboxylic acids is 1. The van der Waals surface area contributed by atoms with Gasteiger partial charge in [-0.2, -0.15) is 0 Å². The van der Waals surface area contributed by atoms with Crippen molar-refractivity contribution in [2.45, 2.75) is 32.3 Å². The van der Waals surface area contributed by atoms with Crippen LogP contribution in [0.2, 0.25) is 0 Å². The summed E-state index contributed by atoms with van der Waals surface area (Å²) in [6, 6.07) is 6.70. The van der Waals surface area contributed by atoms with Crippen molar-refractivity contribution in [3.05, 3.63) is 24.3 Å². The zero-order valence-corrected chi connectivity index (χ0v) is 13.8. The number of hydrogen-bond acceptors (Lipinski definition) is 6. The molecule has 0 saturated heterocycles. The summed E-state index contributed by atoms with van der Waals surface area (Å²) < 4.78 is 21.1. The Kier molecular flexibility index (Phi) is 9.83. The molecule has 6 heteroatoms. The van der Waals surface area contributed by atoms with Gasteiger partial charge in [-0.25, -0.2) is 0 Å². The Morgan fingerprint density at radius 1 is 1.04 bits per heavy atom. The standard InChI is InChI=1S/C17H26O6/c1-3-4-10-21-12-13-22-11-9-16(17(18)19)23-15-7-5-14(20-2)6-8-15/h5-8,16H,3-4,9-13H2,1-2H3,(H,18,19)/p-1. The third-order valence-corrected chi connectivity index (χ3v) is 3.14. The zero-order valence-electron chi connectivity index (χ0n) is 13.8. The lowest BCUT2D eigenvalue weighted by atomic mass is 10.2. The van der Waals surface area contributed by atoms with Crippen LogP contribution in [0.4, 0.5) is 0 Å². The predicted molar refractivity (Wildman–Crippen MR) is 83.6 cm³/mol. The summed E-state index contributed by atoms with van der Waals surface area (Å²) in [4.78, 5) is 11.1. The van der Waals surface area contributed by atoms with Crippen molar-refractivity contribution >= 4 is 5.97 Å². The average molecular weight is 325 g/mol. The zero-order chi connectivity index (χ0) is 16.9. The number of rotatable bonds is 13. The molecule has 0 radical (unpaired) electrons. The monoisotopic (exact) mass is 325 g/mol. The number of methoxy groups -OCH3 is 1. The van der Waals surface area contributed by atoms with Gasteiger partial charge in [-0.05, 0) is 30.7 Å². The maximum Gasteiger partial charge on any atom is 0.140 e. The molecule has 0 amide bonds. The summed E-state index contributed by atoms with van der Waals surface area (Å²) in [5.74, 6) is -0.139. The van der Waals surface area contributed by atoms with Crippen molar-refractivity contribution in [3.8, 4) is 11.5 Å². The molecule has 0 heterocycles. The van der Waals surface area contributed by atoms with E-state index in [0.29, 0.717) is 24.7 Å². The van der Waals surface area contributed by atoms with Crippen molar-refractivity contribution in [2.75, 3.05) is 33.5 Å². The molecular weight excluding hydrogens is 300 g/mol. The first-order valence-corrected chi connectivity index (χ1v) is 7.84. The minimum Gasteiger partial charge on any atom is -0.546 e. The van der Waals surface area contributed by atoms with Gasteiger partial charge in [-0.15, -0.1) is 0 Å². The van der Waals surface area contributed by atoms with Gasteiger partial charge in [0.1, 0.15) is 17.6 Å². The number of benzene rings is 1. The van der Waals surface area contributed by atoms with Crippen LogP contribution in [0, 0.1) is 0 Å². The highest BCUT2D eigenvalue weighted by Crippen LogP contribution is 2.18. The number of carboxylic acid groups (broad SMARTS) is 1. The molecule has 0 aliphatic heterocycles. The van der Waals surface area contributed by atoms with Crippen LogP contribution < -0.4 is 14.6 Å². The highest BCUT2D eigenvalue weighted by Gasteiger charge is 2.12. The van der Waals surface area contributed by atoms with E-state index >= 15 is 0 Å². The van der Waals surface area contributed by atoms with Crippen LogP contribution in [0.3, 0.4) is 0 Å². The molecule has 130 valence electrons. The lowest BCUT2D eigenvalue weighted by Gasteiger charge is -2.20. The lowest BCUT2D eigenvalue weighted by Crippen LogP contribution is -2.40. The van der Waals surface area contributed by atoms with E-state index in [2.05, 4.69) is 6.92 Å². The van der Waals surface area contributed by atoms with Crippen LogP contribution in [-0.4, -0.2) is 45.6 Å². The molecule has 1 aromatic carbocycles. The molecule has 1 atom stereocenters. The number of aliphatic carboxylic acids is 1. The average Bonchev–Trinajstić information content (AvgIpc) is 2.56. The van der Waals surface area contributed by atoms with Crippen LogP contribution in [-0.2, 0) is 14.3 Å². The summed E-state index contributed by atoms with van der Waals surface area (Å²) in [6.45, 7) is 4.04. The molecule has 6 nitrogen and oxygen atoms in total. The van der Waals surface area contributed by atoms with E-state index in [1.807, 2.05) is 0 Å². The second-order valence-corrected chi connectivity index (χ2v) is 4.97. The largest absolute Gasteiger partial charge is 0.546 e. The van der Waals surface area contributed by atoms with Crippen LogP contribution in [0.15, 0.2) is 24.3 Å². The second-order valence-electron chi connectivity index (χ2n) is 4.97. The molecule has 0 aliphatic carbocycles. The molecular formula is C17H25O6-. The fourth-order valence-corrected chi connectivity index (χ4v) is 1.80. The van der Waals surface area contributed by atoms with Gasteiger partial charge < -0.3 is 28.8 Å². The van der Waals surface area contributed by atoms with E-state index in [1.165, 1.54) is 0 Å². The third kappa shape index (κ3) is 8.42. The molecule has 0 aromatic heterocycles. The minimum absolute atomic E-state index is 0.212. The first-order chi connectivity index (χ1) is 11.2. The third-order valence-electron chi connectivity index (χ3n) is 3.14. The summed E-state index contributed by atoms with van der Waals surface area (Å²) in [6.07, 6.45) is 1.28. The van der Waals surface area contributed by atoms with Gasteiger partial charge in [0.2, 0.25) is 0 Å². The van der Waals surface area contributed by atoms with Gasteiger partial charge in [0.15, 0.2) is 0 Å². The quantitative estimate of drug-likeness (QED) is 0.510. The molecule has 1 unspecified atom stereocenters. The van der Waals surface area contributed by atoms with E-state index < -0.39 is 12.1 Å². The van der Waals surface area contributed by atoms with Crippen molar-refractivity contribution in [1.29, 1.82) is 0 Å². The van der Waals surface area contributed by atoms with Gasteiger partial charge in [-0.1, -0.05) is 13.3 Å². The van der Waals surface area contributed by atoms with Gasteiger partial charge >= 0.3 is 0 Å². The first kappa shape index (κ1) is 19.3. The van der Waals surface area contributed by atoms with Gasteiger partial charge in [0.25, 0.3) is 0 Å². The van der Waals surface area contributed by atoms with E-state index in [4.69, 9.17) is 18.9 Å². The van der Waals surface area contributed by atoms with Crippen molar-refractivity contribution < 1.29 is 28.8 Å². The Balaban J connectivity index is 2.25. The highest BCUT2D eigenvalue weighted by atomic mass is 16.5. The van der Waals surface area contributed by atoms with Gasteiger partial charge in [-0.3, -0.25) is 0 Å². The molecule has 0 fully saturated rings. The van der Waals surface area contributed by atoms with Crippen molar-refractivity contribution in [2.24, 2.45) is 0 Å². The van der Waals surface area contributed by atoms with Crippen LogP contribution >= 0.6 is 0 Å². The normalized spacial score (nSPS) is 11.9. The fourth-order valence-electron chi connectivity index (χ4n) is 1.80. The molecule has 0 bridgehead atoms. The van der Waals surface area contributed by atoms with Gasteiger partial charge in [0, 0.05) is 13.0 Å². The van der Waals surface area contributed by atoms with E-state index in [1.54, 1.807) is 31.4 Å². The highest BCUT2D eigenvalue weighted by molar-refractivity contribution is 5.70. The van der Waals surface area contributed by atoms with E-state index in [0.717, 1.165) is 19.4 Å². The maximum absolute atomic E-state index is 11.1. The fraction of sp³-hybridized carbons (Fsp3) is 0.588. The SMILES string of the molecule is CCCCOCCOCCC(Oc1ccc(OC)cc1)C(=O)[O-]. The lowest BCUT2D eigenvalue weighted by molar-refractivity contribution is -0.314. The number of carboxylic acids is 1. The number of carbonyl (C=O) groups is 1. The second kappa shape index (κ2) is 11.7. The Labute approximate surface area is 137 Å². The first-order valence-electron chi connectivity index (χ1n) is 7.84. The molecule has 23 heavy (non-hydrogen) atoms. The predicted octanol–water partition coefficient (Wildman–Crippen LogP) is 1.42. The summed E-state index contributed by atoms with van der Waals surface area (Å²) in [7, 11) is 1.56. The van der Waals surface area contributed by atoms with Gasteiger partial charge in [0.05, 0.1) is 32.9 Å². The Morgan fingerprint density at radius 2 is 1.65 bits per heavy atom. The molecule has 1 rings (SSSR count). The Bertz CT molecular complexity index is 431. The number of unbranched alkanes of at least 4 members (excludes halogenated alkanes) is 1. The smallest absolute Gasteiger partial charge is 0.140 e. The summed E-state index contributed by atoms with van der Waals surface area (Å²) >= 11 is 0. The van der Waals surface area contributed by atoms with E-state index in [9.17, 15) is 9.90 Å². The van der Waals surface area contributed by atoms with Crippen LogP contribution in [0.5, 0.6) is 11.5 Å². The number of hydrogen-bond donors (Lipinski definition) is 0. The van der Waals surface area contributed by atoms with Crippen LogP contribution in [0.1, 0.15) is 26.2 Å². The molecule has 0 N–H and O–H groups in total. The molecule has 0 aliphatic rings. The number of ether oxygens (including phenoxy) is 4. The summed E-state index contributed by atoms with van der Waals surface area (Å²) in [5.41, 5.74) is 0. The minimum atomic E-state index is -1.26. The maximum atomic E-state index is 11.1. The Morgan fingerprint density at radius 3 is 2.22 bits per heavy atom.